The van der Waals surface area contributed by atoms with Gasteiger partial charge in [0.2, 0.25) is 11.8 Å². The predicted octanol–water partition coefficient (Wildman–Crippen LogP) is 2.52. The van der Waals surface area contributed by atoms with Gasteiger partial charge in [-0.05, 0) is 30.9 Å². The molecule has 1 aromatic carbocycles. The number of benzene rings is 1. The summed E-state index contributed by atoms with van der Waals surface area (Å²) in [6.45, 7) is 5.47. The second-order valence-corrected chi connectivity index (χ2v) is 8.02. The zero-order valence-electron chi connectivity index (χ0n) is 16.6. The molecular weight excluding hydrogens is 338 g/mol. The molecule has 1 aliphatic carbocycles. The maximum atomic E-state index is 12.6. The number of nitrogens with zero attached hydrogens (tertiary/aromatic N) is 2. The topological polar surface area (TPSA) is 52.7 Å². The van der Waals surface area contributed by atoms with Gasteiger partial charge in [0.1, 0.15) is 0 Å². The smallest absolute Gasteiger partial charge is 0.234 e. The Bertz CT molecular complexity index is 630. The Morgan fingerprint density at radius 1 is 1.00 bits per heavy atom. The summed E-state index contributed by atoms with van der Waals surface area (Å²) in [6, 6.07) is 8.43. The first-order valence-electron chi connectivity index (χ1n) is 10.5. The minimum Gasteiger partial charge on any atom is -0.352 e. The van der Waals surface area contributed by atoms with Gasteiger partial charge >= 0.3 is 0 Å². The minimum atomic E-state index is 0.140. The van der Waals surface area contributed by atoms with E-state index in [-0.39, 0.29) is 11.8 Å². The van der Waals surface area contributed by atoms with Crippen LogP contribution in [0.2, 0.25) is 0 Å². The summed E-state index contributed by atoms with van der Waals surface area (Å²) in [7, 11) is 0. The van der Waals surface area contributed by atoms with Crippen LogP contribution in [0.4, 0.5) is 0 Å². The van der Waals surface area contributed by atoms with Gasteiger partial charge in [-0.1, -0.05) is 49.9 Å². The van der Waals surface area contributed by atoms with Crippen molar-refractivity contribution in [1.82, 2.24) is 15.1 Å². The van der Waals surface area contributed by atoms with Gasteiger partial charge in [-0.3, -0.25) is 14.5 Å². The van der Waals surface area contributed by atoms with Crippen LogP contribution in [-0.2, 0) is 16.0 Å². The summed E-state index contributed by atoms with van der Waals surface area (Å²) in [6.07, 6.45) is 7.75. The summed E-state index contributed by atoms with van der Waals surface area (Å²) < 4.78 is 0. The summed E-state index contributed by atoms with van der Waals surface area (Å²) in [5.74, 6) is 0.327. The molecule has 5 heteroatoms. The first kappa shape index (κ1) is 19.9. The second kappa shape index (κ2) is 9.88. The van der Waals surface area contributed by atoms with E-state index in [1.54, 1.807) is 0 Å². The van der Waals surface area contributed by atoms with Crippen LogP contribution in [0.3, 0.4) is 0 Å². The number of piperazine rings is 1. The first-order valence-corrected chi connectivity index (χ1v) is 10.5. The van der Waals surface area contributed by atoms with Crippen molar-refractivity contribution in [2.45, 2.75) is 57.9 Å². The Morgan fingerprint density at radius 2 is 1.67 bits per heavy atom. The van der Waals surface area contributed by atoms with Crippen LogP contribution in [-0.4, -0.2) is 60.4 Å². The van der Waals surface area contributed by atoms with Crippen LogP contribution in [0, 0.1) is 6.92 Å². The summed E-state index contributed by atoms with van der Waals surface area (Å²) >= 11 is 0. The van der Waals surface area contributed by atoms with Gasteiger partial charge in [0, 0.05) is 32.2 Å². The SMILES string of the molecule is Cc1ccccc1CC(=O)N1CCN(CC(=O)NC2CCCCCC2)CC1. The molecule has 1 heterocycles. The van der Waals surface area contributed by atoms with E-state index in [0.29, 0.717) is 32.1 Å². The fourth-order valence-corrected chi connectivity index (χ4v) is 4.14. The lowest BCUT2D eigenvalue weighted by molar-refractivity contribution is -0.132. The Hall–Kier alpha value is -1.88. The molecule has 0 bridgehead atoms. The minimum absolute atomic E-state index is 0.140. The summed E-state index contributed by atoms with van der Waals surface area (Å²) in [5, 5.41) is 3.22. The highest BCUT2D eigenvalue weighted by molar-refractivity contribution is 5.80. The lowest BCUT2D eigenvalue weighted by Crippen LogP contribution is -2.52. The molecule has 5 nitrogen and oxygen atoms in total. The lowest BCUT2D eigenvalue weighted by atomic mass is 10.1. The molecule has 1 aromatic rings. The van der Waals surface area contributed by atoms with E-state index in [0.717, 1.165) is 31.5 Å². The van der Waals surface area contributed by atoms with Crippen molar-refractivity contribution < 1.29 is 9.59 Å². The number of rotatable bonds is 5. The van der Waals surface area contributed by atoms with Crippen LogP contribution in [0.15, 0.2) is 24.3 Å². The number of amides is 2. The molecule has 2 amide bonds. The van der Waals surface area contributed by atoms with Gasteiger partial charge < -0.3 is 10.2 Å². The van der Waals surface area contributed by atoms with Crippen molar-refractivity contribution in [2.24, 2.45) is 0 Å². The third-order valence-corrected chi connectivity index (χ3v) is 5.92. The summed E-state index contributed by atoms with van der Waals surface area (Å²) in [5.41, 5.74) is 2.27. The number of hydrogen-bond donors (Lipinski definition) is 1. The van der Waals surface area contributed by atoms with Crippen LogP contribution in [0.25, 0.3) is 0 Å². The molecule has 0 radical (unpaired) electrons. The van der Waals surface area contributed by atoms with Gasteiger partial charge in [-0.15, -0.1) is 0 Å². The van der Waals surface area contributed by atoms with Gasteiger partial charge in [-0.2, -0.15) is 0 Å². The molecule has 27 heavy (non-hydrogen) atoms. The number of nitrogens with one attached hydrogen (secondary N) is 1. The molecule has 2 fully saturated rings. The van der Waals surface area contributed by atoms with E-state index < -0.39 is 0 Å². The fourth-order valence-electron chi connectivity index (χ4n) is 4.14. The maximum Gasteiger partial charge on any atom is 0.234 e. The van der Waals surface area contributed by atoms with Crippen molar-refractivity contribution in [3.63, 3.8) is 0 Å². The van der Waals surface area contributed by atoms with Crippen LogP contribution >= 0.6 is 0 Å². The van der Waals surface area contributed by atoms with Gasteiger partial charge in [0.25, 0.3) is 0 Å². The van der Waals surface area contributed by atoms with Crippen molar-refractivity contribution in [1.29, 1.82) is 0 Å². The Morgan fingerprint density at radius 3 is 2.33 bits per heavy atom. The van der Waals surface area contributed by atoms with E-state index in [4.69, 9.17) is 0 Å². The predicted molar refractivity (Wildman–Crippen MR) is 108 cm³/mol. The second-order valence-electron chi connectivity index (χ2n) is 8.02. The molecule has 0 atom stereocenters. The Labute approximate surface area is 163 Å². The standard InChI is InChI=1S/C22H33N3O2/c1-18-8-6-7-9-19(18)16-22(27)25-14-12-24(13-15-25)17-21(26)23-20-10-4-2-3-5-11-20/h6-9,20H,2-5,10-17H2,1H3,(H,23,26). The Kier molecular flexibility index (Phi) is 7.27. The zero-order chi connectivity index (χ0) is 19.1. The lowest BCUT2D eigenvalue weighted by Gasteiger charge is -2.34. The normalized spacial score (nSPS) is 19.5. The van der Waals surface area contributed by atoms with Crippen molar-refractivity contribution >= 4 is 11.8 Å². The molecule has 3 rings (SSSR count). The third-order valence-electron chi connectivity index (χ3n) is 5.92. The molecule has 1 saturated carbocycles. The molecule has 1 N–H and O–H groups in total. The number of aryl methyl sites for hydroxylation is 1. The van der Waals surface area contributed by atoms with Crippen molar-refractivity contribution in [3.8, 4) is 0 Å². The molecule has 1 aliphatic heterocycles. The maximum absolute atomic E-state index is 12.6. The van der Waals surface area contributed by atoms with E-state index in [9.17, 15) is 9.59 Å². The van der Waals surface area contributed by atoms with E-state index >= 15 is 0 Å². The molecule has 2 aliphatic rings. The highest BCUT2D eigenvalue weighted by Crippen LogP contribution is 2.17. The molecular formula is C22H33N3O2. The molecule has 1 saturated heterocycles. The quantitative estimate of drug-likeness (QED) is 0.809. The van der Waals surface area contributed by atoms with Gasteiger partial charge in [0.15, 0.2) is 0 Å². The molecule has 0 aromatic heterocycles. The van der Waals surface area contributed by atoms with Crippen LogP contribution in [0.1, 0.15) is 49.7 Å². The van der Waals surface area contributed by atoms with Gasteiger partial charge in [0.05, 0.1) is 13.0 Å². The largest absolute Gasteiger partial charge is 0.352 e. The molecule has 0 unspecified atom stereocenters. The fraction of sp³-hybridized carbons (Fsp3) is 0.636. The highest BCUT2D eigenvalue weighted by Gasteiger charge is 2.23. The summed E-state index contributed by atoms with van der Waals surface area (Å²) in [4.78, 5) is 29.0. The highest BCUT2D eigenvalue weighted by atomic mass is 16.2. The van der Waals surface area contributed by atoms with Crippen molar-refractivity contribution in [2.75, 3.05) is 32.7 Å². The first-order chi connectivity index (χ1) is 13.1. The van der Waals surface area contributed by atoms with Crippen LogP contribution in [0.5, 0.6) is 0 Å². The van der Waals surface area contributed by atoms with Gasteiger partial charge in [-0.25, -0.2) is 0 Å². The van der Waals surface area contributed by atoms with Crippen LogP contribution < -0.4 is 5.32 Å². The molecule has 148 valence electrons. The Balaban J connectivity index is 1.40. The number of hydrogen-bond acceptors (Lipinski definition) is 3. The third kappa shape index (κ3) is 6.06. The van der Waals surface area contributed by atoms with E-state index in [1.807, 2.05) is 36.1 Å². The zero-order valence-corrected chi connectivity index (χ0v) is 16.6. The monoisotopic (exact) mass is 371 g/mol. The van der Waals surface area contributed by atoms with E-state index in [2.05, 4.69) is 10.2 Å². The average molecular weight is 372 g/mol. The number of carbonyl (C=O) groups excluding carboxylic acids is 2. The number of carbonyl (C=O) groups is 2. The average Bonchev–Trinajstić information content (AvgIpc) is 2.92. The molecule has 0 spiro atoms. The van der Waals surface area contributed by atoms with E-state index in [1.165, 1.54) is 31.2 Å². The van der Waals surface area contributed by atoms with Crippen molar-refractivity contribution in [3.05, 3.63) is 35.4 Å².